The molecule has 0 amide bonds. The molecule has 0 bridgehead atoms. The number of benzene rings is 1. The van der Waals surface area contributed by atoms with Crippen LogP contribution in [0.3, 0.4) is 0 Å². The second-order valence-corrected chi connectivity index (χ2v) is 6.08. The predicted octanol–water partition coefficient (Wildman–Crippen LogP) is 2.89. The Morgan fingerprint density at radius 1 is 1.30 bits per heavy atom. The van der Waals surface area contributed by atoms with Gasteiger partial charge in [-0.25, -0.2) is 0 Å². The van der Waals surface area contributed by atoms with Gasteiger partial charge in [0.05, 0.1) is 0 Å². The van der Waals surface area contributed by atoms with E-state index in [0.29, 0.717) is 12.1 Å². The predicted molar refractivity (Wildman–Crippen MR) is 87.5 cm³/mol. The molecule has 2 unspecified atom stereocenters. The van der Waals surface area contributed by atoms with E-state index in [2.05, 4.69) is 67.3 Å². The van der Waals surface area contributed by atoms with Gasteiger partial charge in [0.2, 0.25) is 0 Å². The molecular weight excluding hydrogens is 246 g/mol. The fourth-order valence-electron chi connectivity index (χ4n) is 3.01. The zero-order valence-corrected chi connectivity index (χ0v) is 13.4. The first-order valence-electron chi connectivity index (χ1n) is 7.86. The molecule has 0 spiro atoms. The number of likely N-dealkylation sites (N-methyl/N-ethyl adjacent to an activating group) is 1. The summed E-state index contributed by atoms with van der Waals surface area (Å²) in [6.07, 6.45) is 2.61. The zero-order valence-electron chi connectivity index (χ0n) is 13.4. The largest absolute Gasteiger partial charge is 0.370 e. The molecule has 1 aliphatic heterocycles. The van der Waals surface area contributed by atoms with Crippen molar-refractivity contribution in [3.05, 3.63) is 29.8 Å². The molecular formula is C17H29N3. The quantitative estimate of drug-likeness (QED) is 0.891. The molecule has 0 aliphatic carbocycles. The highest BCUT2D eigenvalue weighted by Crippen LogP contribution is 2.23. The van der Waals surface area contributed by atoms with Crippen LogP contribution in [0, 0.1) is 0 Å². The zero-order chi connectivity index (χ0) is 14.5. The number of hydrogen-bond donors (Lipinski definition) is 1. The molecule has 3 heteroatoms. The van der Waals surface area contributed by atoms with E-state index < -0.39 is 0 Å². The van der Waals surface area contributed by atoms with Crippen LogP contribution in [-0.2, 0) is 0 Å². The molecule has 1 saturated heterocycles. The van der Waals surface area contributed by atoms with Crippen LogP contribution in [0.4, 0.5) is 5.69 Å². The van der Waals surface area contributed by atoms with E-state index in [1.54, 1.807) is 0 Å². The van der Waals surface area contributed by atoms with Crippen molar-refractivity contribution in [2.45, 2.75) is 38.8 Å². The monoisotopic (exact) mass is 275 g/mol. The number of hydrogen-bond acceptors (Lipinski definition) is 3. The number of rotatable bonds is 5. The highest BCUT2D eigenvalue weighted by molar-refractivity contribution is 5.48. The van der Waals surface area contributed by atoms with Gasteiger partial charge in [-0.1, -0.05) is 19.1 Å². The fraction of sp³-hybridized carbons (Fsp3) is 0.647. The van der Waals surface area contributed by atoms with Crippen LogP contribution in [0.25, 0.3) is 0 Å². The third-order valence-corrected chi connectivity index (χ3v) is 4.40. The van der Waals surface area contributed by atoms with Crippen LogP contribution in [0.2, 0.25) is 0 Å². The van der Waals surface area contributed by atoms with E-state index in [1.807, 2.05) is 0 Å². The second-order valence-electron chi connectivity index (χ2n) is 6.08. The highest BCUT2D eigenvalue weighted by atomic mass is 15.2. The van der Waals surface area contributed by atoms with Gasteiger partial charge in [-0.3, -0.25) is 0 Å². The number of anilines is 1. The van der Waals surface area contributed by atoms with Crippen LogP contribution in [0.15, 0.2) is 24.3 Å². The SMILES string of the molecule is CCNC(C)c1ccc(N2CCCC(N(C)C)C2)cc1. The van der Waals surface area contributed by atoms with Crippen LogP contribution in [-0.4, -0.2) is 44.7 Å². The van der Waals surface area contributed by atoms with Gasteiger partial charge in [0.15, 0.2) is 0 Å². The summed E-state index contributed by atoms with van der Waals surface area (Å²) in [5.41, 5.74) is 2.74. The maximum atomic E-state index is 3.46. The van der Waals surface area contributed by atoms with E-state index in [9.17, 15) is 0 Å². The molecule has 1 heterocycles. The van der Waals surface area contributed by atoms with Crippen molar-refractivity contribution in [2.24, 2.45) is 0 Å². The molecule has 0 saturated carbocycles. The average molecular weight is 275 g/mol. The van der Waals surface area contributed by atoms with E-state index in [-0.39, 0.29) is 0 Å². The lowest BCUT2D eigenvalue weighted by Crippen LogP contribution is -2.45. The van der Waals surface area contributed by atoms with Crippen LogP contribution in [0.5, 0.6) is 0 Å². The van der Waals surface area contributed by atoms with Gasteiger partial charge in [0.1, 0.15) is 0 Å². The van der Waals surface area contributed by atoms with Crippen molar-refractivity contribution in [1.29, 1.82) is 0 Å². The average Bonchev–Trinajstić information content (AvgIpc) is 2.48. The van der Waals surface area contributed by atoms with Crippen molar-refractivity contribution in [3.63, 3.8) is 0 Å². The van der Waals surface area contributed by atoms with E-state index in [0.717, 1.165) is 13.1 Å². The number of nitrogens with one attached hydrogen (secondary N) is 1. The molecule has 1 N–H and O–H groups in total. The van der Waals surface area contributed by atoms with E-state index in [4.69, 9.17) is 0 Å². The van der Waals surface area contributed by atoms with Gasteiger partial charge in [-0.15, -0.1) is 0 Å². The summed E-state index contributed by atoms with van der Waals surface area (Å²) in [6.45, 7) is 7.72. The summed E-state index contributed by atoms with van der Waals surface area (Å²) in [6, 6.07) is 10.2. The smallest absolute Gasteiger partial charge is 0.0366 e. The lowest BCUT2D eigenvalue weighted by Gasteiger charge is -2.37. The molecule has 0 radical (unpaired) electrons. The van der Waals surface area contributed by atoms with Gasteiger partial charge < -0.3 is 15.1 Å². The van der Waals surface area contributed by atoms with E-state index >= 15 is 0 Å². The number of piperidine rings is 1. The fourth-order valence-corrected chi connectivity index (χ4v) is 3.01. The lowest BCUT2D eigenvalue weighted by molar-refractivity contribution is 0.258. The maximum absolute atomic E-state index is 3.46. The molecule has 3 nitrogen and oxygen atoms in total. The first-order valence-corrected chi connectivity index (χ1v) is 7.86. The van der Waals surface area contributed by atoms with Gasteiger partial charge >= 0.3 is 0 Å². The molecule has 1 aliphatic rings. The first kappa shape index (κ1) is 15.3. The van der Waals surface area contributed by atoms with E-state index in [1.165, 1.54) is 30.6 Å². The lowest BCUT2D eigenvalue weighted by atomic mass is 10.0. The van der Waals surface area contributed by atoms with Crippen molar-refractivity contribution in [1.82, 2.24) is 10.2 Å². The van der Waals surface area contributed by atoms with Gasteiger partial charge in [0, 0.05) is 30.9 Å². The summed E-state index contributed by atoms with van der Waals surface area (Å²) in [5.74, 6) is 0. The van der Waals surface area contributed by atoms with Crippen LogP contribution < -0.4 is 10.2 Å². The normalized spacial score (nSPS) is 21.2. The summed E-state index contributed by atoms with van der Waals surface area (Å²) < 4.78 is 0. The Bertz CT molecular complexity index is 399. The third kappa shape index (κ3) is 3.74. The number of nitrogens with zero attached hydrogens (tertiary/aromatic N) is 2. The highest BCUT2D eigenvalue weighted by Gasteiger charge is 2.21. The Balaban J connectivity index is 2.02. The molecule has 20 heavy (non-hydrogen) atoms. The van der Waals surface area contributed by atoms with Crippen LogP contribution in [0.1, 0.15) is 38.3 Å². The third-order valence-electron chi connectivity index (χ3n) is 4.40. The Morgan fingerprint density at radius 3 is 2.60 bits per heavy atom. The molecule has 1 aromatic carbocycles. The van der Waals surface area contributed by atoms with Crippen molar-refractivity contribution in [3.8, 4) is 0 Å². The Labute approximate surface area is 124 Å². The standard InChI is InChI=1S/C17H29N3/c1-5-18-14(2)15-8-10-16(11-9-15)20-12-6-7-17(13-20)19(3)4/h8-11,14,17-18H,5-7,12-13H2,1-4H3. The summed E-state index contributed by atoms with van der Waals surface area (Å²) >= 11 is 0. The Kier molecular flexibility index (Phi) is 5.44. The van der Waals surface area contributed by atoms with Gasteiger partial charge in [-0.05, 0) is 58.1 Å². The topological polar surface area (TPSA) is 18.5 Å². The minimum absolute atomic E-state index is 0.435. The summed E-state index contributed by atoms with van der Waals surface area (Å²) in [7, 11) is 4.38. The molecule has 1 fully saturated rings. The van der Waals surface area contributed by atoms with Crippen molar-refractivity contribution in [2.75, 3.05) is 38.6 Å². The second kappa shape index (κ2) is 7.09. The maximum Gasteiger partial charge on any atom is 0.0366 e. The van der Waals surface area contributed by atoms with Gasteiger partial charge in [-0.2, -0.15) is 0 Å². The minimum Gasteiger partial charge on any atom is -0.370 e. The summed E-state index contributed by atoms with van der Waals surface area (Å²) in [4.78, 5) is 4.88. The first-order chi connectivity index (χ1) is 9.61. The van der Waals surface area contributed by atoms with Crippen molar-refractivity contribution >= 4 is 5.69 Å². The Hall–Kier alpha value is -1.06. The van der Waals surface area contributed by atoms with Crippen molar-refractivity contribution < 1.29 is 0 Å². The molecule has 1 aromatic rings. The molecule has 0 aromatic heterocycles. The van der Waals surface area contributed by atoms with Gasteiger partial charge in [0.25, 0.3) is 0 Å². The minimum atomic E-state index is 0.435. The Morgan fingerprint density at radius 2 is 2.00 bits per heavy atom. The summed E-state index contributed by atoms with van der Waals surface area (Å²) in [5, 5.41) is 3.46. The molecule has 112 valence electrons. The molecule has 2 rings (SSSR count). The molecule has 2 atom stereocenters. The van der Waals surface area contributed by atoms with Crippen LogP contribution >= 0.6 is 0 Å².